The van der Waals surface area contributed by atoms with Gasteiger partial charge >= 0.3 is 12.4 Å². The summed E-state index contributed by atoms with van der Waals surface area (Å²) in [4.78, 5) is 19.1. The van der Waals surface area contributed by atoms with Crippen molar-refractivity contribution in [3.8, 4) is 0 Å². The molecule has 2 aromatic carbocycles. The van der Waals surface area contributed by atoms with E-state index in [2.05, 4.69) is 10.1 Å². The van der Waals surface area contributed by atoms with Crippen molar-refractivity contribution in [1.29, 1.82) is 0 Å². The van der Waals surface area contributed by atoms with Crippen LogP contribution in [-0.2, 0) is 23.7 Å². The fourth-order valence-corrected chi connectivity index (χ4v) is 5.45. The van der Waals surface area contributed by atoms with Crippen LogP contribution in [0.5, 0.6) is 0 Å². The molecule has 3 aromatic rings. The molecule has 200 valence electrons. The Bertz CT molecular complexity index is 1460. The monoisotopic (exact) mass is 553 g/mol. The lowest BCUT2D eigenvalue weighted by molar-refractivity contribution is -0.143. The van der Waals surface area contributed by atoms with Crippen molar-refractivity contribution in [1.82, 2.24) is 14.7 Å². The molecule has 2 aliphatic rings. The molecule has 38 heavy (non-hydrogen) atoms. The molecule has 0 aliphatic carbocycles. The minimum Gasteiger partial charge on any atom is -0.349 e. The van der Waals surface area contributed by atoms with Crippen LogP contribution in [0.2, 0.25) is 0 Å². The van der Waals surface area contributed by atoms with Gasteiger partial charge in [0.05, 0.1) is 34.3 Å². The molecule has 0 radical (unpaired) electrons. The number of fused-ring (bicyclic) bond motifs is 1. The molecule has 3 heterocycles. The third-order valence-electron chi connectivity index (χ3n) is 6.36. The Morgan fingerprint density at radius 1 is 1.08 bits per heavy atom. The number of amidine groups is 1. The number of alkyl halides is 6. The maximum Gasteiger partial charge on any atom is 0.416 e. The van der Waals surface area contributed by atoms with E-state index >= 15 is 0 Å². The van der Waals surface area contributed by atoms with E-state index in [4.69, 9.17) is 5.73 Å². The van der Waals surface area contributed by atoms with E-state index < -0.39 is 23.5 Å². The first-order chi connectivity index (χ1) is 17.9. The molecule has 0 spiro atoms. The number of benzene rings is 2. The Labute approximate surface area is 217 Å². The summed E-state index contributed by atoms with van der Waals surface area (Å²) >= 11 is 1.27. The van der Waals surface area contributed by atoms with Gasteiger partial charge in [-0.05, 0) is 66.1 Å². The lowest BCUT2D eigenvalue weighted by atomic mass is 10.0. The second kappa shape index (κ2) is 9.77. The van der Waals surface area contributed by atoms with Crippen molar-refractivity contribution in [2.75, 3.05) is 13.1 Å². The number of rotatable bonds is 3. The fraction of sp³-hybridized carbons (Fsp3) is 0.320. The van der Waals surface area contributed by atoms with Crippen LogP contribution in [0.3, 0.4) is 0 Å². The van der Waals surface area contributed by atoms with Gasteiger partial charge in [-0.2, -0.15) is 36.4 Å². The van der Waals surface area contributed by atoms with E-state index in [1.54, 1.807) is 24.3 Å². The van der Waals surface area contributed by atoms with Gasteiger partial charge in [-0.25, -0.2) is 0 Å². The number of hydrogen-bond acceptors (Lipinski definition) is 5. The van der Waals surface area contributed by atoms with Gasteiger partial charge in [-0.3, -0.25) is 9.48 Å². The number of amides is 1. The summed E-state index contributed by atoms with van der Waals surface area (Å²) in [6.07, 6.45) is -4.88. The SMILES string of the molecule is N[C@H]1CCCN(C2=NC(=O)C(=Cc3ccc4c(cnn4Cc4ccc(C(F)(F)F)cc4C(F)(F)F)c3)S2)C1. The number of piperidine rings is 1. The molecule has 0 saturated carbocycles. The molecular formula is C25H21F6N5OS. The Balaban J connectivity index is 1.38. The zero-order valence-electron chi connectivity index (χ0n) is 19.7. The Morgan fingerprint density at radius 3 is 2.58 bits per heavy atom. The molecule has 2 aliphatic heterocycles. The predicted molar refractivity (Wildman–Crippen MR) is 132 cm³/mol. The molecule has 1 fully saturated rings. The Morgan fingerprint density at radius 2 is 1.87 bits per heavy atom. The van der Waals surface area contributed by atoms with Crippen LogP contribution in [-0.4, -0.2) is 44.9 Å². The molecule has 6 nitrogen and oxygen atoms in total. The maximum atomic E-state index is 13.6. The van der Waals surface area contributed by atoms with Crippen molar-refractivity contribution in [3.63, 3.8) is 0 Å². The number of aliphatic imine (C=N–C) groups is 1. The number of nitrogens with two attached hydrogens (primary N) is 1. The van der Waals surface area contributed by atoms with Crippen LogP contribution < -0.4 is 5.73 Å². The highest BCUT2D eigenvalue weighted by Gasteiger charge is 2.38. The molecule has 0 unspecified atom stereocenters. The third kappa shape index (κ3) is 5.44. The average molecular weight is 554 g/mol. The third-order valence-corrected chi connectivity index (χ3v) is 7.41. The molecule has 1 saturated heterocycles. The highest BCUT2D eigenvalue weighted by molar-refractivity contribution is 8.18. The number of nitrogens with zero attached hydrogens (tertiary/aromatic N) is 4. The van der Waals surface area contributed by atoms with Gasteiger partial charge in [0, 0.05) is 24.5 Å². The Kier molecular flexibility index (Phi) is 6.76. The van der Waals surface area contributed by atoms with Crippen molar-refractivity contribution < 1.29 is 31.1 Å². The molecule has 13 heteroatoms. The highest BCUT2D eigenvalue weighted by Crippen LogP contribution is 2.38. The number of likely N-dealkylation sites (tertiary alicyclic amines) is 1. The summed E-state index contributed by atoms with van der Waals surface area (Å²) in [6.45, 7) is 1.03. The number of thioether (sulfide) groups is 1. The van der Waals surface area contributed by atoms with E-state index in [-0.39, 0.29) is 30.1 Å². The number of carbonyl (C=O) groups is 1. The highest BCUT2D eigenvalue weighted by atomic mass is 32.2. The Hall–Kier alpha value is -3.32. The number of carbonyl (C=O) groups excluding carboxylic acids is 1. The first-order valence-corrected chi connectivity index (χ1v) is 12.5. The van der Waals surface area contributed by atoms with Crippen molar-refractivity contribution in [3.05, 3.63) is 69.8 Å². The van der Waals surface area contributed by atoms with Crippen molar-refractivity contribution in [2.45, 2.75) is 37.8 Å². The first kappa shape index (κ1) is 26.3. The summed E-state index contributed by atoms with van der Waals surface area (Å²) in [7, 11) is 0. The second-order valence-electron chi connectivity index (χ2n) is 9.15. The molecule has 1 aromatic heterocycles. The number of aromatic nitrogens is 2. The lowest BCUT2D eigenvalue weighted by Crippen LogP contribution is -2.44. The van der Waals surface area contributed by atoms with E-state index in [1.165, 1.54) is 22.6 Å². The van der Waals surface area contributed by atoms with Crippen molar-refractivity contribution >= 4 is 39.8 Å². The average Bonchev–Trinajstić information content (AvgIpc) is 3.41. The summed E-state index contributed by atoms with van der Waals surface area (Å²) < 4.78 is 80.9. The molecule has 1 amide bonds. The van der Waals surface area contributed by atoms with Crippen LogP contribution in [0.15, 0.2) is 52.5 Å². The van der Waals surface area contributed by atoms with Gasteiger partial charge in [0.25, 0.3) is 5.91 Å². The van der Waals surface area contributed by atoms with Gasteiger partial charge in [-0.1, -0.05) is 12.1 Å². The maximum absolute atomic E-state index is 13.6. The largest absolute Gasteiger partial charge is 0.416 e. The topological polar surface area (TPSA) is 76.5 Å². The van der Waals surface area contributed by atoms with E-state index in [9.17, 15) is 31.1 Å². The van der Waals surface area contributed by atoms with E-state index in [0.717, 1.165) is 25.5 Å². The molecule has 0 bridgehead atoms. The van der Waals surface area contributed by atoms with Gasteiger partial charge in [0.15, 0.2) is 5.17 Å². The van der Waals surface area contributed by atoms with Crippen molar-refractivity contribution in [2.24, 2.45) is 10.7 Å². The van der Waals surface area contributed by atoms with Gasteiger partial charge < -0.3 is 10.6 Å². The zero-order chi connectivity index (χ0) is 27.2. The zero-order valence-corrected chi connectivity index (χ0v) is 20.5. The molecule has 5 rings (SSSR count). The summed E-state index contributed by atoms with van der Waals surface area (Å²) in [5, 5.41) is 5.36. The second-order valence-corrected chi connectivity index (χ2v) is 10.2. The minimum atomic E-state index is -4.97. The minimum absolute atomic E-state index is 0.0314. The normalized spacial score (nSPS) is 20.0. The standard InChI is InChI=1S/C25H21F6N5OS/c26-24(27,28)17-5-4-15(19(10-17)25(29,30)31)12-36-20-6-3-14(8-16(20)11-33-36)9-21-22(37)34-23(38-21)35-7-1-2-18(32)13-35/h3-6,8-11,18H,1-2,7,12-13,32H2/t18-/m0/s1. The first-order valence-electron chi connectivity index (χ1n) is 11.6. The van der Waals surface area contributed by atoms with Gasteiger partial charge in [-0.15, -0.1) is 0 Å². The van der Waals surface area contributed by atoms with E-state index in [0.29, 0.717) is 39.2 Å². The fourth-order valence-electron chi connectivity index (χ4n) is 4.51. The van der Waals surface area contributed by atoms with Crippen LogP contribution in [0.4, 0.5) is 26.3 Å². The van der Waals surface area contributed by atoms with Gasteiger partial charge in [0.1, 0.15) is 0 Å². The molecule has 1 atom stereocenters. The lowest BCUT2D eigenvalue weighted by Gasteiger charge is -2.31. The predicted octanol–water partition coefficient (Wildman–Crippen LogP) is 5.52. The van der Waals surface area contributed by atoms with Crippen LogP contribution in [0, 0.1) is 0 Å². The van der Waals surface area contributed by atoms with Crippen LogP contribution >= 0.6 is 11.8 Å². The summed E-state index contributed by atoms with van der Waals surface area (Å²) in [6, 6.07) is 6.67. The quantitative estimate of drug-likeness (QED) is 0.342. The smallest absolute Gasteiger partial charge is 0.349 e. The molecule has 2 N–H and O–H groups in total. The van der Waals surface area contributed by atoms with Crippen LogP contribution in [0.25, 0.3) is 17.0 Å². The van der Waals surface area contributed by atoms with Gasteiger partial charge in [0.2, 0.25) is 0 Å². The molecular weight excluding hydrogens is 532 g/mol. The van der Waals surface area contributed by atoms with Crippen LogP contribution in [0.1, 0.15) is 35.1 Å². The number of halogens is 6. The number of hydrogen-bond donors (Lipinski definition) is 1. The summed E-state index contributed by atoms with van der Waals surface area (Å²) in [5.41, 5.74) is 4.12. The summed E-state index contributed by atoms with van der Waals surface area (Å²) in [5.74, 6) is -0.359. The van der Waals surface area contributed by atoms with E-state index in [1.807, 2.05) is 4.90 Å².